The normalized spacial score (nSPS) is 10.5. The zero-order chi connectivity index (χ0) is 10.7. The third-order valence-corrected chi connectivity index (χ3v) is 2.31. The molecule has 1 aromatic heterocycles. The van der Waals surface area contributed by atoms with Gasteiger partial charge >= 0.3 is 0 Å². The number of aromatic amines is 1. The predicted octanol–water partition coefficient (Wildman–Crippen LogP) is 1.49. The van der Waals surface area contributed by atoms with Gasteiger partial charge in [0.05, 0.1) is 0 Å². The summed E-state index contributed by atoms with van der Waals surface area (Å²) in [5, 5.41) is 7.04. The van der Waals surface area contributed by atoms with Crippen molar-refractivity contribution in [1.29, 1.82) is 0 Å². The Balaban J connectivity index is 2.28. The van der Waals surface area contributed by atoms with E-state index in [1.165, 1.54) is 0 Å². The van der Waals surface area contributed by atoms with E-state index >= 15 is 0 Å². The average molecular weight is 202 g/mol. The summed E-state index contributed by atoms with van der Waals surface area (Å²) in [6, 6.07) is 7.98. The van der Waals surface area contributed by atoms with E-state index in [4.69, 9.17) is 5.73 Å². The SMILES string of the molecule is CCc1nc(-c2ccc(CN)cc2)n[nH]1. The monoisotopic (exact) mass is 202 g/mol. The minimum Gasteiger partial charge on any atom is -0.326 e. The lowest BCUT2D eigenvalue weighted by molar-refractivity contribution is 0.946. The van der Waals surface area contributed by atoms with Gasteiger partial charge in [-0.2, -0.15) is 5.10 Å². The second kappa shape index (κ2) is 4.23. The van der Waals surface area contributed by atoms with Gasteiger partial charge in [0.1, 0.15) is 5.82 Å². The van der Waals surface area contributed by atoms with E-state index in [1.54, 1.807) is 0 Å². The van der Waals surface area contributed by atoms with Crippen LogP contribution in [0.15, 0.2) is 24.3 Å². The molecule has 0 aliphatic heterocycles. The van der Waals surface area contributed by atoms with Crippen LogP contribution in [0.1, 0.15) is 18.3 Å². The van der Waals surface area contributed by atoms with Gasteiger partial charge in [-0.05, 0) is 5.56 Å². The summed E-state index contributed by atoms with van der Waals surface area (Å²) in [4.78, 5) is 4.36. The summed E-state index contributed by atoms with van der Waals surface area (Å²) < 4.78 is 0. The number of H-pyrrole nitrogens is 1. The molecule has 0 saturated carbocycles. The van der Waals surface area contributed by atoms with Crippen molar-refractivity contribution >= 4 is 0 Å². The molecule has 0 aliphatic carbocycles. The lowest BCUT2D eigenvalue weighted by Gasteiger charge is -1.97. The van der Waals surface area contributed by atoms with Crippen LogP contribution in [0, 0.1) is 0 Å². The molecular weight excluding hydrogens is 188 g/mol. The zero-order valence-electron chi connectivity index (χ0n) is 8.70. The molecule has 2 aromatic rings. The number of nitrogens with one attached hydrogen (secondary N) is 1. The van der Waals surface area contributed by atoms with Gasteiger partial charge in [-0.1, -0.05) is 31.2 Å². The summed E-state index contributed by atoms with van der Waals surface area (Å²) in [5.41, 5.74) is 7.66. The molecule has 0 bridgehead atoms. The first-order chi connectivity index (χ1) is 7.33. The van der Waals surface area contributed by atoms with Crippen LogP contribution in [0.25, 0.3) is 11.4 Å². The number of aryl methyl sites for hydroxylation is 1. The number of nitrogens with zero attached hydrogens (tertiary/aromatic N) is 2. The van der Waals surface area contributed by atoms with E-state index < -0.39 is 0 Å². The Morgan fingerprint density at radius 1 is 1.27 bits per heavy atom. The van der Waals surface area contributed by atoms with Crippen molar-refractivity contribution in [3.8, 4) is 11.4 Å². The molecule has 0 radical (unpaired) electrons. The van der Waals surface area contributed by atoms with Crippen molar-refractivity contribution in [3.05, 3.63) is 35.7 Å². The Bertz CT molecular complexity index is 430. The van der Waals surface area contributed by atoms with Crippen molar-refractivity contribution < 1.29 is 0 Å². The molecule has 0 fully saturated rings. The summed E-state index contributed by atoms with van der Waals surface area (Å²) in [5.74, 6) is 1.66. The van der Waals surface area contributed by atoms with Gasteiger partial charge in [0.2, 0.25) is 0 Å². The second-order valence-corrected chi connectivity index (χ2v) is 3.36. The van der Waals surface area contributed by atoms with Gasteiger partial charge in [0, 0.05) is 18.5 Å². The average Bonchev–Trinajstić information content (AvgIpc) is 2.78. The van der Waals surface area contributed by atoms with E-state index in [-0.39, 0.29) is 0 Å². The fourth-order valence-corrected chi connectivity index (χ4v) is 1.37. The van der Waals surface area contributed by atoms with Crippen LogP contribution in [0.2, 0.25) is 0 Å². The van der Waals surface area contributed by atoms with Crippen molar-refractivity contribution in [2.45, 2.75) is 19.9 Å². The number of nitrogens with two attached hydrogens (primary N) is 1. The van der Waals surface area contributed by atoms with Crippen LogP contribution < -0.4 is 5.73 Å². The van der Waals surface area contributed by atoms with Crippen molar-refractivity contribution in [2.75, 3.05) is 0 Å². The summed E-state index contributed by atoms with van der Waals surface area (Å²) in [6.07, 6.45) is 0.869. The minimum absolute atomic E-state index is 0.564. The molecule has 4 heteroatoms. The molecule has 0 atom stereocenters. The molecule has 0 aliphatic rings. The predicted molar refractivity (Wildman–Crippen MR) is 59.1 cm³/mol. The molecule has 2 rings (SSSR count). The number of aromatic nitrogens is 3. The number of hydrogen-bond acceptors (Lipinski definition) is 3. The number of benzene rings is 1. The number of hydrogen-bond donors (Lipinski definition) is 2. The van der Waals surface area contributed by atoms with Crippen molar-refractivity contribution in [1.82, 2.24) is 15.2 Å². The lowest BCUT2D eigenvalue weighted by atomic mass is 10.1. The first kappa shape index (κ1) is 9.86. The summed E-state index contributed by atoms with van der Waals surface area (Å²) in [6.45, 7) is 2.61. The van der Waals surface area contributed by atoms with Crippen molar-refractivity contribution in [2.24, 2.45) is 5.73 Å². The Hall–Kier alpha value is -1.68. The summed E-state index contributed by atoms with van der Waals surface area (Å²) >= 11 is 0. The topological polar surface area (TPSA) is 67.6 Å². The summed E-state index contributed by atoms with van der Waals surface area (Å²) in [7, 11) is 0. The molecule has 1 aromatic carbocycles. The van der Waals surface area contributed by atoms with Crippen LogP contribution in [0.4, 0.5) is 0 Å². The van der Waals surface area contributed by atoms with Gasteiger partial charge in [-0.3, -0.25) is 5.10 Å². The molecule has 1 heterocycles. The maximum atomic E-state index is 5.53. The third-order valence-electron chi connectivity index (χ3n) is 2.31. The molecule has 4 nitrogen and oxygen atoms in total. The van der Waals surface area contributed by atoms with Gasteiger partial charge in [-0.15, -0.1) is 0 Å². The third kappa shape index (κ3) is 2.05. The highest BCUT2D eigenvalue weighted by Crippen LogP contribution is 2.15. The highest BCUT2D eigenvalue weighted by atomic mass is 15.2. The molecule has 0 saturated heterocycles. The van der Waals surface area contributed by atoms with Gasteiger partial charge < -0.3 is 5.73 Å². The Morgan fingerprint density at radius 2 is 2.00 bits per heavy atom. The van der Waals surface area contributed by atoms with E-state index in [1.807, 2.05) is 31.2 Å². The quantitative estimate of drug-likeness (QED) is 0.792. The molecular formula is C11H14N4. The van der Waals surface area contributed by atoms with Crippen LogP contribution in [0.5, 0.6) is 0 Å². The Labute approximate surface area is 88.5 Å². The molecule has 78 valence electrons. The van der Waals surface area contributed by atoms with E-state index in [0.29, 0.717) is 6.54 Å². The largest absolute Gasteiger partial charge is 0.326 e. The van der Waals surface area contributed by atoms with Crippen LogP contribution in [-0.2, 0) is 13.0 Å². The van der Waals surface area contributed by atoms with Crippen LogP contribution in [0.3, 0.4) is 0 Å². The smallest absolute Gasteiger partial charge is 0.181 e. The van der Waals surface area contributed by atoms with Crippen LogP contribution >= 0.6 is 0 Å². The highest BCUT2D eigenvalue weighted by molar-refractivity contribution is 5.54. The Morgan fingerprint density at radius 3 is 2.53 bits per heavy atom. The van der Waals surface area contributed by atoms with Gasteiger partial charge in [0.25, 0.3) is 0 Å². The lowest BCUT2D eigenvalue weighted by Crippen LogP contribution is -1.95. The van der Waals surface area contributed by atoms with E-state index in [9.17, 15) is 0 Å². The van der Waals surface area contributed by atoms with Gasteiger partial charge in [-0.25, -0.2) is 4.98 Å². The van der Waals surface area contributed by atoms with E-state index in [0.717, 1.165) is 29.2 Å². The number of rotatable bonds is 3. The fraction of sp³-hybridized carbons (Fsp3) is 0.273. The maximum Gasteiger partial charge on any atom is 0.181 e. The molecule has 0 unspecified atom stereocenters. The fourth-order valence-electron chi connectivity index (χ4n) is 1.37. The first-order valence-electron chi connectivity index (χ1n) is 5.04. The first-order valence-corrected chi connectivity index (χ1v) is 5.04. The standard InChI is InChI=1S/C11H14N4/c1-2-10-13-11(15-14-10)9-5-3-8(7-12)4-6-9/h3-6H,2,7,12H2,1H3,(H,13,14,15). The maximum absolute atomic E-state index is 5.53. The molecule has 0 spiro atoms. The molecule has 3 N–H and O–H groups in total. The van der Waals surface area contributed by atoms with Crippen molar-refractivity contribution in [3.63, 3.8) is 0 Å². The van der Waals surface area contributed by atoms with E-state index in [2.05, 4.69) is 15.2 Å². The minimum atomic E-state index is 0.564. The Kier molecular flexibility index (Phi) is 2.78. The highest BCUT2D eigenvalue weighted by Gasteiger charge is 2.03. The zero-order valence-corrected chi connectivity index (χ0v) is 8.70. The second-order valence-electron chi connectivity index (χ2n) is 3.36. The molecule has 0 amide bonds. The van der Waals surface area contributed by atoms with Gasteiger partial charge in [0.15, 0.2) is 5.82 Å². The molecule has 15 heavy (non-hydrogen) atoms. The van der Waals surface area contributed by atoms with Crippen LogP contribution in [-0.4, -0.2) is 15.2 Å².